The van der Waals surface area contributed by atoms with Gasteiger partial charge in [0.2, 0.25) is 0 Å². The lowest BCUT2D eigenvalue weighted by atomic mass is 9.87. The summed E-state index contributed by atoms with van der Waals surface area (Å²) in [7, 11) is 7.81. The lowest BCUT2D eigenvalue weighted by molar-refractivity contribution is 0.552. The average molecular weight is 652 g/mol. The maximum atomic E-state index is 4.59. The van der Waals surface area contributed by atoms with E-state index in [9.17, 15) is 0 Å². The quantitative estimate of drug-likeness (QED) is 0.211. The standard InChI is InChI=1S/C13H19N3.C13H17N3.C11H17N5/c1-9-7-14-8-10(9)11-6-12(13(2,3)4)15-16(11)5;1-13(2,3)11-7-5-10(6-8-11)12-15-14-9-16(12)4;1-11(2,3)9-6-8(16(5)14-9)10-13-12-7-15(10)4/h6-7H,8H2,1-5H3;5-9H,1-4H3;6-7H,1-5H3. The predicted molar refractivity (Wildman–Crippen MR) is 195 cm³/mol. The first-order valence-corrected chi connectivity index (χ1v) is 16.4. The van der Waals surface area contributed by atoms with Crippen molar-refractivity contribution in [2.45, 2.75) is 85.5 Å². The molecule has 6 rings (SSSR count). The molecule has 48 heavy (non-hydrogen) atoms. The second-order valence-electron chi connectivity index (χ2n) is 15.6. The summed E-state index contributed by atoms with van der Waals surface area (Å²) in [5, 5.41) is 25.1. The van der Waals surface area contributed by atoms with Gasteiger partial charge in [0.15, 0.2) is 11.6 Å². The maximum Gasteiger partial charge on any atom is 0.181 e. The molecule has 5 heterocycles. The predicted octanol–water partition coefficient (Wildman–Crippen LogP) is 6.87. The molecule has 0 unspecified atom stereocenters. The molecule has 0 amide bonds. The minimum atomic E-state index is 0.0502. The highest BCUT2D eigenvalue weighted by atomic mass is 15.3. The van der Waals surface area contributed by atoms with E-state index in [1.165, 1.54) is 22.4 Å². The third-order valence-corrected chi connectivity index (χ3v) is 8.28. The van der Waals surface area contributed by atoms with Crippen molar-refractivity contribution >= 4 is 11.8 Å². The van der Waals surface area contributed by atoms with Gasteiger partial charge in [0.05, 0.1) is 23.6 Å². The monoisotopic (exact) mass is 651 g/mol. The van der Waals surface area contributed by atoms with Crippen LogP contribution in [-0.2, 0) is 44.4 Å². The van der Waals surface area contributed by atoms with E-state index in [0.717, 1.165) is 40.8 Å². The van der Waals surface area contributed by atoms with Crippen LogP contribution in [0, 0.1) is 0 Å². The van der Waals surface area contributed by atoms with E-state index in [0.29, 0.717) is 0 Å². The lowest BCUT2D eigenvalue weighted by Crippen LogP contribution is -2.12. The number of nitrogens with zero attached hydrogens (tertiary/aromatic N) is 11. The normalized spacial score (nSPS) is 13.4. The fourth-order valence-electron chi connectivity index (χ4n) is 5.10. The molecule has 0 saturated carbocycles. The zero-order chi connectivity index (χ0) is 35.6. The third kappa shape index (κ3) is 8.42. The fourth-order valence-corrected chi connectivity index (χ4v) is 5.10. The summed E-state index contributed by atoms with van der Waals surface area (Å²) in [5.41, 5.74) is 9.71. The number of aromatic nitrogens is 10. The highest BCUT2D eigenvalue weighted by molar-refractivity contribution is 5.94. The molecule has 1 aliphatic heterocycles. The first-order valence-electron chi connectivity index (χ1n) is 16.4. The SMILES string of the molecule is CC1=C(c2cc(C(C)(C)C)nn2C)CN=C1.Cn1cnnc1-c1cc(C(C)(C)C)nn1C.Cn1cnnc1-c1ccc(C(C)(C)C)cc1. The average Bonchev–Trinajstić information content (AvgIpc) is 3.82. The summed E-state index contributed by atoms with van der Waals surface area (Å²) in [6.07, 6.45) is 5.35. The van der Waals surface area contributed by atoms with Gasteiger partial charge < -0.3 is 9.13 Å². The Morgan fingerprint density at radius 1 is 0.604 bits per heavy atom. The van der Waals surface area contributed by atoms with Crippen molar-refractivity contribution in [1.29, 1.82) is 0 Å². The minimum absolute atomic E-state index is 0.0502. The van der Waals surface area contributed by atoms with Crippen LogP contribution in [0.5, 0.6) is 0 Å². The van der Waals surface area contributed by atoms with E-state index < -0.39 is 0 Å². The van der Waals surface area contributed by atoms with Gasteiger partial charge >= 0.3 is 0 Å². The Morgan fingerprint density at radius 3 is 1.48 bits per heavy atom. The highest BCUT2D eigenvalue weighted by Gasteiger charge is 2.22. The molecule has 1 aromatic carbocycles. The van der Waals surface area contributed by atoms with Gasteiger partial charge in [-0.1, -0.05) is 86.6 Å². The number of benzene rings is 1. The molecular weight excluding hydrogens is 598 g/mol. The Hall–Kier alpha value is -4.67. The van der Waals surface area contributed by atoms with Gasteiger partial charge in [0.1, 0.15) is 18.3 Å². The van der Waals surface area contributed by atoms with Crippen LogP contribution in [-0.4, -0.2) is 61.8 Å². The van der Waals surface area contributed by atoms with Crippen LogP contribution in [0.25, 0.3) is 28.5 Å². The number of hydrogen-bond acceptors (Lipinski definition) is 7. The summed E-state index contributed by atoms with van der Waals surface area (Å²) < 4.78 is 7.63. The molecule has 4 aromatic heterocycles. The second-order valence-corrected chi connectivity index (χ2v) is 15.6. The minimum Gasteiger partial charge on any atom is -0.317 e. The Bertz CT molecular complexity index is 1890. The van der Waals surface area contributed by atoms with Gasteiger partial charge in [-0.05, 0) is 35.6 Å². The van der Waals surface area contributed by atoms with Gasteiger partial charge in [0.25, 0.3) is 0 Å². The Balaban J connectivity index is 0.000000163. The van der Waals surface area contributed by atoms with E-state index in [-0.39, 0.29) is 16.2 Å². The van der Waals surface area contributed by atoms with Crippen molar-refractivity contribution in [2.24, 2.45) is 33.2 Å². The molecule has 256 valence electrons. The molecule has 0 fully saturated rings. The first-order chi connectivity index (χ1) is 22.3. The molecule has 11 nitrogen and oxygen atoms in total. The number of rotatable bonds is 3. The maximum absolute atomic E-state index is 4.59. The molecule has 0 aliphatic carbocycles. The smallest absolute Gasteiger partial charge is 0.181 e. The van der Waals surface area contributed by atoms with Gasteiger partial charge in [-0.3, -0.25) is 14.4 Å². The topological polar surface area (TPSA) is 109 Å². The molecule has 0 spiro atoms. The lowest BCUT2D eigenvalue weighted by Gasteiger charge is -2.18. The van der Waals surface area contributed by atoms with Gasteiger partial charge in [-0.15, -0.1) is 20.4 Å². The van der Waals surface area contributed by atoms with Crippen molar-refractivity contribution < 1.29 is 0 Å². The molecule has 5 aromatic rings. The summed E-state index contributed by atoms with van der Waals surface area (Å²) >= 11 is 0. The van der Waals surface area contributed by atoms with Crippen LogP contribution in [0.3, 0.4) is 0 Å². The summed E-state index contributed by atoms with van der Waals surface area (Å²) in [6.45, 7) is 22.5. The number of hydrogen-bond donors (Lipinski definition) is 0. The van der Waals surface area contributed by atoms with Crippen LogP contribution in [0.15, 0.2) is 59.6 Å². The zero-order valence-corrected chi connectivity index (χ0v) is 31.3. The van der Waals surface area contributed by atoms with Crippen molar-refractivity contribution in [2.75, 3.05) is 6.54 Å². The van der Waals surface area contributed by atoms with E-state index in [2.05, 4.69) is 141 Å². The van der Waals surface area contributed by atoms with Crippen LogP contribution >= 0.6 is 0 Å². The first kappa shape index (κ1) is 36.2. The molecule has 0 radical (unpaired) electrons. The number of allylic oxidation sites excluding steroid dienone is 1. The van der Waals surface area contributed by atoms with E-state index in [4.69, 9.17) is 0 Å². The Kier molecular flexibility index (Phi) is 10.4. The molecule has 1 aliphatic rings. The van der Waals surface area contributed by atoms with E-state index in [1.54, 1.807) is 12.7 Å². The van der Waals surface area contributed by atoms with Crippen molar-refractivity contribution in [3.05, 3.63) is 77.3 Å². The Morgan fingerprint density at radius 2 is 1.08 bits per heavy atom. The molecular formula is C37H53N11. The van der Waals surface area contributed by atoms with Crippen molar-refractivity contribution in [3.63, 3.8) is 0 Å². The van der Waals surface area contributed by atoms with Crippen LogP contribution in [0.2, 0.25) is 0 Å². The van der Waals surface area contributed by atoms with Gasteiger partial charge in [-0.2, -0.15) is 10.2 Å². The number of aryl methyl sites for hydroxylation is 4. The summed E-state index contributed by atoms with van der Waals surface area (Å²) in [5.74, 6) is 1.74. The van der Waals surface area contributed by atoms with Crippen LogP contribution in [0.1, 0.15) is 91.9 Å². The third-order valence-electron chi connectivity index (χ3n) is 8.28. The molecule has 0 saturated heterocycles. The molecule has 0 bridgehead atoms. The van der Waals surface area contributed by atoms with Crippen LogP contribution in [0.4, 0.5) is 0 Å². The fraction of sp³-hybridized carbons (Fsp3) is 0.486. The zero-order valence-electron chi connectivity index (χ0n) is 31.3. The van der Waals surface area contributed by atoms with E-state index >= 15 is 0 Å². The second kappa shape index (κ2) is 13.8. The highest BCUT2D eigenvalue weighted by Crippen LogP contribution is 2.28. The van der Waals surface area contributed by atoms with Crippen molar-refractivity contribution in [1.82, 2.24) is 49.1 Å². The van der Waals surface area contributed by atoms with E-state index in [1.807, 2.05) is 52.9 Å². The van der Waals surface area contributed by atoms with Crippen LogP contribution < -0.4 is 0 Å². The van der Waals surface area contributed by atoms with Gasteiger partial charge in [0, 0.05) is 56.4 Å². The van der Waals surface area contributed by atoms with Gasteiger partial charge in [-0.25, -0.2) is 0 Å². The molecule has 0 N–H and O–H groups in total. The largest absolute Gasteiger partial charge is 0.317 e. The number of aliphatic imine (C=N–C) groups is 1. The molecule has 11 heteroatoms. The Labute approximate surface area is 285 Å². The summed E-state index contributed by atoms with van der Waals surface area (Å²) in [6, 6.07) is 12.8. The molecule has 0 atom stereocenters. The summed E-state index contributed by atoms with van der Waals surface area (Å²) in [4.78, 5) is 4.29. The van der Waals surface area contributed by atoms with Crippen molar-refractivity contribution in [3.8, 4) is 22.9 Å².